The Balaban J connectivity index is -0.000000110. The Kier molecular flexibility index (Phi) is 22.2. The molecule has 0 spiro atoms. The molecule has 0 amide bonds. The van der Waals surface area contributed by atoms with E-state index in [1.165, 1.54) is 0 Å². The molecule has 32 heteroatoms. The summed E-state index contributed by atoms with van der Waals surface area (Å²) in [6, 6.07) is 0. The molecule has 0 bridgehead atoms. The summed E-state index contributed by atoms with van der Waals surface area (Å²) in [5.74, 6) is 0. The van der Waals surface area contributed by atoms with Crippen LogP contribution in [-0.2, 0) is 88.4 Å². The monoisotopic (exact) mass is 818 g/mol. The van der Waals surface area contributed by atoms with Gasteiger partial charge in [0.2, 0.25) is 62.4 Å². The average Bonchev–Trinajstić information content (AvgIpc) is 2.38. The summed E-state index contributed by atoms with van der Waals surface area (Å²) in [5.41, 5.74) is 0. The molecule has 0 aromatic rings. The summed E-state index contributed by atoms with van der Waals surface area (Å²) in [6.45, 7) is 0. The van der Waals surface area contributed by atoms with Gasteiger partial charge in [0.05, 0.1) is 0 Å². The molecule has 24 nitrogen and oxygen atoms in total. The smallest absolute Gasteiger partial charge is 0.724 e. The first kappa shape index (κ1) is 43.0. The van der Waals surface area contributed by atoms with Crippen LogP contribution in [0.3, 0.4) is 0 Å². The zero-order valence-electron chi connectivity index (χ0n) is 13.1. The van der Waals surface area contributed by atoms with Crippen molar-refractivity contribution in [1.82, 2.24) is 0 Å². The van der Waals surface area contributed by atoms with Gasteiger partial charge < -0.3 is 27.3 Å². The van der Waals surface area contributed by atoms with Gasteiger partial charge in [-0.3, -0.25) is 0 Å². The van der Waals surface area contributed by atoms with E-state index in [1.54, 1.807) is 0 Å². The fourth-order valence-corrected chi connectivity index (χ4v) is 1.84. The van der Waals surface area contributed by atoms with Gasteiger partial charge in [0.15, 0.2) is 0 Å². The van der Waals surface area contributed by atoms with Gasteiger partial charge in [-0.1, -0.05) is 0 Å². The molecule has 0 saturated heterocycles. The minimum atomic E-state index is -5.31. The Bertz CT molecular complexity index is 893. The maximum Gasteiger partial charge on any atom is 3.00 e. The summed E-state index contributed by atoms with van der Waals surface area (Å²) in [5, 5.41) is 0. The van der Waals surface area contributed by atoms with Gasteiger partial charge in [0.1, 0.15) is 0 Å². The van der Waals surface area contributed by atoms with Crippen molar-refractivity contribution in [3.63, 3.8) is 0 Å². The van der Waals surface area contributed by atoms with Crippen molar-refractivity contribution in [3.8, 4) is 0 Å². The third-order valence-electron chi connectivity index (χ3n) is 0.583. The SMILES string of the molecule is O=S(=O)([O-])OOS(=O)(=O)[O-].O=S(=O)([O-])OOS(=O)(=O)[O-].O=S(=O)([O-])OOS(=O)(=O)[O-].[Sb+3].[Sb+3]. The van der Waals surface area contributed by atoms with Crippen LogP contribution in [0.4, 0.5) is 0 Å². The third kappa shape index (κ3) is 57.6. The second kappa shape index (κ2) is 16.5. The predicted molar refractivity (Wildman–Crippen MR) is 76.2 cm³/mol. The van der Waals surface area contributed by atoms with Crippen molar-refractivity contribution in [1.29, 1.82) is 0 Å². The second-order valence-corrected chi connectivity index (χ2v) is 8.57. The number of hydrogen-bond acceptors (Lipinski definition) is 24. The van der Waals surface area contributed by atoms with Crippen molar-refractivity contribution < 1.29 is 104 Å². The van der Waals surface area contributed by atoms with E-state index in [9.17, 15) is 77.8 Å². The first-order chi connectivity index (χ1) is 12.6. The largest absolute Gasteiger partial charge is 3.00 e. The number of hydrogen-bond donors (Lipinski definition) is 0. The summed E-state index contributed by atoms with van der Waals surface area (Å²) in [4.78, 5) is 0. The van der Waals surface area contributed by atoms with Crippen LogP contribution in [0.2, 0.25) is 0 Å². The molecule has 190 valence electrons. The van der Waals surface area contributed by atoms with Crippen LogP contribution < -0.4 is 0 Å². The van der Waals surface area contributed by atoms with Crippen LogP contribution in [0, 0.1) is 0 Å². The van der Waals surface area contributed by atoms with Gasteiger partial charge in [0, 0.05) is 0 Å². The zero-order valence-corrected chi connectivity index (χ0v) is 23.1. The first-order valence-corrected chi connectivity index (χ1v) is 12.5. The normalized spacial score (nSPS) is 12.6. The quantitative estimate of drug-likeness (QED) is 0.0685. The molecule has 0 atom stereocenters. The Morgan fingerprint density at radius 1 is 0.281 bits per heavy atom. The summed E-state index contributed by atoms with van der Waals surface area (Å²) in [6.07, 6.45) is 0. The molecule has 0 saturated carbocycles. The van der Waals surface area contributed by atoms with Crippen LogP contribution in [0.5, 0.6) is 0 Å². The summed E-state index contributed by atoms with van der Waals surface area (Å²) in [7, 11) is -31.9. The van der Waals surface area contributed by atoms with Gasteiger partial charge >= 0.3 is 48.9 Å². The maximum absolute atomic E-state index is 9.37. The van der Waals surface area contributed by atoms with E-state index in [-0.39, 0.29) is 48.9 Å². The van der Waals surface area contributed by atoms with Crippen molar-refractivity contribution in [2.75, 3.05) is 0 Å². The predicted octanol–water partition coefficient (Wildman–Crippen LogP) is -7.20. The van der Waals surface area contributed by atoms with E-state index < -0.39 is 62.4 Å². The maximum atomic E-state index is 9.37. The standard InChI is InChI=1S/3H2O8S2.2Sb/c3*1-9(2,3)7-8-10(4,5)6;;/h3*(H,1,2,3)(H,4,5,6);;/q;;;2*+3/p-6. The molecule has 0 heterocycles. The van der Waals surface area contributed by atoms with E-state index in [0.717, 1.165) is 0 Å². The van der Waals surface area contributed by atoms with E-state index in [1.807, 2.05) is 0 Å². The Hall–Kier alpha value is 0.856. The first-order valence-electron chi connectivity index (χ1n) is 4.50. The van der Waals surface area contributed by atoms with Gasteiger partial charge in [-0.05, 0) is 0 Å². The zero-order chi connectivity index (χ0) is 25.2. The molecule has 0 fully saturated rings. The van der Waals surface area contributed by atoms with Crippen molar-refractivity contribution in [3.05, 3.63) is 0 Å². The molecule has 0 N–H and O–H groups in total. The molecule has 4 radical (unpaired) electrons. The Labute approximate surface area is 213 Å². The topological polar surface area (TPSA) is 399 Å². The van der Waals surface area contributed by atoms with E-state index in [4.69, 9.17) is 0 Å². The van der Waals surface area contributed by atoms with Crippen molar-refractivity contribution >= 4 is 111 Å². The Morgan fingerprint density at radius 2 is 0.344 bits per heavy atom. The van der Waals surface area contributed by atoms with Crippen LogP contribution in [-0.4, -0.2) is 127 Å². The minimum Gasteiger partial charge on any atom is -0.724 e. The molecule has 0 rings (SSSR count). The van der Waals surface area contributed by atoms with Crippen LogP contribution in [0.15, 0.2) is 0 Å². The van der Waals surface area contributed by atoms with Crippen LogP contribution in [0.1, 0.15) is 0 Å². The molecular weight excluding hydrogens is 820 g/mol. The third-order valence-corrected chi connectivity index (χ3v) is 2.25. The molecule has 0 aromatic carbocycles. The van der Waals surface area contributed by atoms with E-state index in [0.29, 0.717) is 0 Å². The summed E-state index contributed by atoms with van der Waals surface area (Å²) < 4.78 is 184. The average molecular weight is 820 g/mol. The van der Waals surface area contributed by atoms with Gasteiger partial charge in [-0.15, -0.1) is 26.0 Å². The Morgan fingerprint density at radius 3 is 0.375 bits per heavy atom. The second-order valence-electron chi connectivity index (χ2n) is 2.86. The summed E-state index contributed by atoms with van der Waals surface area (Å²) >= 11 is 0. The van der Waals surface area contributed by atoms with Crippen LogP contribution in [0.25, 0.3) is 0 Å². The van der Waals surface area contributed by atoms with Gasteiger partial charge in [-0.25, -0.2) is 50.5 Å². The minimum absolute atomic E-state index is 0. The molecule has 0 unspecified atom stereocenters. The molecule has 0 aliphatic carbocycles. The van der Waals surface area contributed by atoms with Crippen LogP contribution >= 0.6 is 0 Å². The molecule has 32 heavy (non-hydrogen) atoms. The fraction of sp³-hybridized carbons (Fsp3) is 0. The molecular formula is O24S6Sb2. The van der Waals surface area contributed by atoms with Crippen molar-refractivity contribution in [2.24, 2.45) is 0 Å². The van der Waals surface area contributed by atoms with Crippen molar-refractivity contribution in [2.45, 2.75) is 0 Å². The van der Waals surface area contributed by atoms with E-state index >= 15 is 0 Å². The van der Waals surface area contributed by atoms with Gasteiger partial charge in [-0.2, -0.15) is 0 Å². The molecule has 0 aliphatic rings. The molecule has 0 aromatic heterocycles. The molecule has 0 aliphatic heterocycles. The van der Waals surface area contributed by atoms with E-state index in [2.05, 4.69) is 26.0 Å². The number of rotatable bonds is 9. The van der Waals surface area contributed by atoms with Gasteiger partial charge in [0.25, 0.3) is 0 Å². The fourth-order valence-electron chi connectivity index (χ4n) is 0.204.